The van der Waals surface area contributed by atoms with E-state index in [9.17, 15) is 9.59 Å². The van der Waals surface area contributed by atoms with E-state index in [4.69, 9.17) is 0 Å². The average molecular weight is 199 g/mol. The van der Waals surface area contributed by atoms with Gasteiger partial charge in [-0.2, -0.15) is 0 Å². The molecule has 1 heterocycles. The predicted molar refractivity (Wildman–Crippen MR) is 52.6 cm³/mol. The second-order valence-electron chi connectivity index (χ2n) is 3.46. The Labute approximate surface area is 83.6 Å². The van der Waals surface area contributed by atoms with Crippen molar-refractivity contribution >= 4 is 11.8 Å². The minimum atomic E-state index is -0.226. The maximum Gasteiger partial charge on any atom is 0.236 e. The molecule has 1 rings (SSSR count). The van der Waals surface area contributed by atoms with E-state index in [1.54, 1.807) is 14.1 Å². The summed E-state index contributed by atoms with van der Waals surface area (Å²) in [6, 6.07) is -0.226. The topological polar surface area (TPSA) is 70.2 Å². The summed E-state index contributed by atoms with van der Waals surface area (Å²) in [5.41, 5.74) is 0. The van der Waals surface area contributed by atoms with Gasteiger partial charge in [-0.05, 0) is 19.4 Å². The zero-order valence-corrected chi connectivity index (χ0v) is 8.59. The van der Waals surface area contributed by atoms with Crippen molar-refractivity contribution in [3.63, 3.8) is 0 Å². The van der Waals surface area contributed by atoms with Crippen molar-refractivity contribution < 1.29 is 9.59 Å². The second-order valence-corrected chi connectivity index (χ2v) is 3.46. The fourth-order valence-electron chi connectivity index (χ4n) is 1.73. The maximum atomic E-state index is 11.4. The van der Waals surface area contributed by atoms with Crippen LogP contribution >= 0.6 is 0 Å². The molecular weight excluding hydrogens is 182 g/mol. The molecule has 80 valence electrons. The van der Waals surface area contributed by atoms with Gasteiger partial charge in [0.15, 0.2) is 0 Å². The van der Waals surface area contributed by atoms with Gasteiger partial charge >= 0.3 is 0 Å². The lowest BCUT2D eigenvalue weighted by molar-refractivity contribution is -0.127. The molecule has 1 aliphatic rings. The number of hydrogen-bond donors (Lipinski definition) is 3. The second kappa shape index (κ2) is 4.95. The summed E-state index contributed by atoms with van der Waals surface area (Å²) in [5.74, 6) is -0.0532. The van der Waals surface area contributed by atoms with Crippen LogP contribution in [0.4, 0.5) is 0 Å². The van der Waals surface area contributed by atoms with Gasteiger partial charge in [0.1, 0.15) is 0 Å². The van der Waals surface area contributed by atoms with Crippen LogP contribution in [-0.2, 0) is 9.59 Å². The Morgan fingerprint density at radius 3 is 2.43 bits per heavy atom. The molecule has 1 aliphatic heterocycles. The highest BCUT2D eigenvalue weighted by atomic mass is 16.2. The molecule has 0 aromatic heterocycles. The minimum absolute atomic E-state index is 0.0282. The molecule has 5 nitrogen and oxygen atoms in total. The Morgan fingerprint density at radius 2 is 1.86 bits per heavy atom. The van der Waals surface area contributed by atoms with E-state index in [2.05, 4.69) is 16.0 Å². The summed E-state index contributed by atoms with van der Waals surface area (Å²) in [5, 5.41) is 8.28. The van der Waals surface area contributed by atoms with Gasteiger partial charge in [-0.25, -0.2) is 0 Å². The van der Waals surface area contributed by atoms with Crippen LogP contribution in [0.5, 0.6) is 0 Å². The first-order valence-corrected chi connectivity index (χ1v) is 4.85. The third-order valence-corrected chi connectivity index (χ3v) is 2.58. The largest absolute Gasteiger partial charge is 0.359 e. The molecule has 1 fully saturated rings. The molecule has 0 spiro atoms. The average Bonchev–Trinajstić information content (AvgIpc) is 2.27. The molecule has 2 unspecified atom stereocenters. The van der Waals surface area contributed by atoms with Crippen molar-refractivity contribution in [3.8, 4) is 0 Å². The van der Waals surface area contributed by atoms with Crippen LogP contribution in [0.2, 0.25) is 0 Å². The van der Waals surface area contributed by atoms with Gasteiger partial charge in [0.05, 0.1) is 6.04 Å². The number of carbonyl (C=O) groups excluding carboxylic acids is 2. The van der Waals surface area contributed by atoms with Crippen LogP contribution < -0.4 is 16.0 Å². The van der Waals surface area contributed by atoms with Crippen molar-refractivity contribution in [1.29, 1.82) is 0 Å². The third kappa shape index (κ3) is 2.45. The molecule has 3 N–H and O–H groups in total. The lowest BCUT2D eigenvalue weighted by Gasteiger charge is -2.27. The highest BCUT2D eigenvalue weighted by Crippen LogP contribution is 2.16. The summed E-state index contributed by atoms with van der Waals surface area (Å²) in [6.45, 7) is 0.718. The summed E-state index contributed by atoms with van der Waals surface area (Å²) in [4.78, 5) is 22.7. The Morgan fingerprint density at radius 1 is 1.21 bits per heavy atom. The fraction of sp³-hybridized carbons (Fsp3) is 0.778. The van der Waals surface area contributed by atoms with Crippen molar-refractivity contribution in [2.45, 2.75) is 18.9 Å². The van der Waals surface area contributed by atoms with E-state index < -0.39 is 0 Å². The molecule has 0 saturated carbocycles. The number of amides is 2. The molecule has 0 aromatic carbocycles. The highest BCUT2D eigenvalue weighted by Gasteiger charge is 2.29. The molecule has 2 atom stereocenters. The van der Waals surface area contributed by atoms with Crippen LogP contribution in [0, 0.1) is 5.92 Å². The lowest BCUT2D eigenvalue weighted by Crippen LogP contribution is -2.50. The van der Waals surface area contributed by atoms with Crippen molar-refractivity contribution in [2.24, 2.45) is 5.92 Å². The monoisotopic (exact) mass is 199 g/mol. The van der Waals surface area contributed by atoms with Crippen LogP contribution in [0.3, 0.4) is 0 Å². The molecule has 1 saturated heterocycles. The van der Waals surface area contributed by atoms with Gasteiger partial charge in [-0.15, -0.1) is 0 Å². The van der Waals surface area contributed by atoms with Gasteiger partial charge in [0.2, 0.25) is 11.8 Å². The van der Waals surface area contributed by atoms with Gasteiger partial charge in [0.25, 0.3) is 0 Å². The molecule has 0 aliphatic carbocycles. The molecular formula is C9H17N3O2. The highest BCUT2D eigenvalue weighted by molar-refractivity contribution is 5.84. The number of likely N-dealkylation sites (N-methyl/N-ethyl adjacent to an activating group) is 1. The minimum Gasteiger partial charge on any atom is -0.359 e. The molecule has 0 aromatic rings. The number of hydrogen-bond acceptors (Lipinski definition) is 3. The SMILES string of the molecule is CNC(=O)C1CCNC(C(=O)NC)C1. The summed E-state index contributed by atoms with van der Waals surface area (Å²) < 4.78 is 0. The number of rotatable bonds is 2. The van der Waals surface area contributed by atoms with Crippen molar-refractivity contribution in [3.05, 3.63) is 0 Å². The van der Waals surface area contributed by atoms with Crippen molar-refractivity contribution in [1.82, 2.24) is 16.0 Å². The quantitative estimate of drug-likeness (QED) is 0.526. The van der Waals surface area contributed by atoms with E-state index in [1.165, 1.54) is 0 Å². The molecule has 5 heteroatoms. The smallest absolute Gasteiger partial charge is 0.236 e. The number of carbonyl (C=O) groups is 2. The lowest BCUT2D eigenvalue weighted by atomic mass is 9.91. The van der Waals surface area contributed by atoms with Crippen LogP contribution in [-0.4, -0.2) is 38.5 Å². The number of nitrogens with one attached hydrogen (secondary N) is 3. The maximum absolute atomic E-state index is 11.4. The molecule has 0 bridgehead atoms. The van der Waals surface area contributed by atoms with Gasteiger partial charge in [-0.1, -0.05) is 0 Å². The molecule has 14 heavy (non-hydrogen) atoms. The first-order chi connectivity index (χ1) is 6.69. The third-order valence-electron chi connectivity index (χ3n) is 2.58. The Balaban J connectivity index is 2.51. The first-order valence-electron chi connectivity index (χ1n) is 4.85. The van der Waals surface area contributed by atoms with E-state index in [-0.39, 0.29) is 23.8 Å². The van der Waals surface area contributed by atoms with E-state index in [1.807, 2.05) is 0 Å². The number of piperidine rings is 1. The van der Waals surface area contributed by atoms with Gasteiger partial charge < -0.3 is 16.0 Å². The summed E-state index contributed by atoms with van der Waals surface area (Å²) in [6.07, 6.45) is 1.38. The first kappa shape index (κ1) is 11.0. The van der Waals surface area contributed by atoms with Crippen LogP contribution in [0.25, 0.3) is 0 Å². The van der Waals surface area contributed by atoms with Crippen LogP contribution in [0.1, 0.15) is 12.8 Å². The molecule has 0 radical (unpaired) electrons. The predicted octanol–water partition coefficient (Wildman–Crippen LogP) is -1.15. The summed E-state index contributed by atoms with van der Waals surface area (Å²) in [7, 11) is 3.23. The van der Waals surface area contributed by atoms with Crippen LogP contribution in [0.15, 0.2) is 0 Å². The standard InChI is InChI=1S/C9H17N3O2/c1-10-8(13)6-3-4-12-7(5-6)9(14)11-2/h6-7,12H,3-5H2,1-2H3,(H,10,13)(H,11,14). The Kier molecular flexibility index (Phi) is 3.88. The summed E-state index contributed by atoms with van der Waals surface area (Å²) >= 11 is 0. The van der Waals surface area contributed by atoms with Gasteiger partial charge in [0, 0.05) is 20.0 Å². The molecule has 2 amide bonds. The normalized spacial score (nSPS) is 26.7. The zero-order chi connectivity index (χ0) is 10.6. The van der Waals surface area contributed by atoms with E-state index in [0.29, 0.717) is 6.42 Å². The van der Waals surface area contributed by atoms with Crippen molar-refractivity contribution in [2.75, 3.05) is 20.6 Å². The van der Waals surface area contributed by atoms with E-state index in [0.717, 1.165) is 13.0 Å². The van der Waals surface area contributed by atoms with Gasteiger partial charge in [-0.3, -0.25) is 9.59 Å². The Hall–Kier alpha value is -1.10. The zero-order valence-electron chi connectivity index (χ0n) is 8.59. The fourth-order valence-corrected chi connectivity index (χ4v) is 1.73. The van der Waals surface area contributed by atoms with E-state index >= 15 is 0 Å². The Bertz CT molecular complexity index is 208.